The molecule has 3 heteroatoms. The molecule has 0 saturated carbocycles. The number of carbonyl (C=O) groups is 1. The minimum absolute atomic E-state index is 0.0661. The third-order valence-corrected chi connectivity index (χ3v) is 3.32. The van der Waals surface area contributed by atoms with E-state index in [9.17, 15) is 9.18 Å². The van der Waals surface area contributed by atoms with E-state index < -0.39 is 0 Å². The fourth-order valence-corrected chi connectivity index (χ4v) is 2.34. The molecule has 17 heavy (non-hydrogen) atoms. The molecular formula is C14H18FNO. The van der Waals surface area contributed by atoms with Gasteiger partial charge >= 0.3 is 0 Å². The van der Waals surface area contributed by atoms with Crippen LogP contribution in [0, 0.1) is 11.7 Å². The summed E-state index contributed by atoms with van der Waals surface area (Å²) >= 11 is 0. The van der Waals surface area contributed by atoms with E-state index in [4.69, 9.17) is 0 Å². The summed E-state index contributed by atoms with van der Waals surface area (Å²) in [5.41, 5.74) is 0.502. The van der Waals surface area contributed by atoms with Crippen molar-refractivity contribution in [2.45, 2.75) is 25.7 Å². The van der Waals surface area contributed by atoms with Gasteiger partial charge in [-0.05, 0) is 50.4 Å². The highest BCUT2D eigenvalue weighted by molar-refractivity contribution is 5.96. The fraction of sp³-hybridized carbons (Fsp3) is 0.500. The minimum Gasteiger partial charge on any atom is -0.317 e. The van der Waals surface area contributed by atoms with Crippen molar-refractivity contribution >= 4 is 5.78 Å². The monoisotopic (exact) mass is 235 g/mol. The number of carbonyl (C=O) groups excluding carboxylic acids is 1. The predicted molar refractivity (Wildman–Crippen MR) is 65.6 cm³/mol. The Morgan fingerprint density at radius 2 is 2.24 bits per heavy atom. The molecule has 1 heterocycles. The first-order valence-corrected chi connectivity index (χ1v) is 6.25. The quantitative estimate of drug-likeness (QED) is 0.816. The number of benzene rings is 1. The van der Waals surface area contributed by atoms with Gasteiger partial charge < -0.3 is 5.32 Å². The molecule has 1 unspecified atom stereocenters. The molecule has 1 aromatic rings. The van der Waals surface area contributed by atoms with Gasteiger partial charge in [-0.3, -0.25) is 4.79 Å². The number of nitrogens with one attached hydrogen (secondary N) is 1. The van der Waals surface area contributed by atoms with Crippen LogP contribution in [0.5, 0.6) is 0 Å². The van der Waals surface area contributed by atoms with Crippen LogP contribution in [0.3, 0.4) is 0 Å². The lowest BCUT2D eigenvalue weighted by Gasteiger charge is -2.12. The van der Waals surface area contributed by atoms with Gasteiger partial charge in [0.05, 0.1) is 0 Å². The lowest BCUT2D eigenvalue weighted by Crippen LogP contribution is -2.15. The van der Waals surface area contributed by atoms with E-state index in [0.29, 0.717) is 17.9 Å². The molecule has 1 N–H and O–H groups in total. The summed E-state index contributed by atoms with van der Waals surface area (Å²) in [7, 11) is 0. The maximum Gasteiger partial charge on any atom is 0.163 e. The highest BCUT2D eigenvalue weighted by Crippen LogP contribution is 2.20. The van der Waals surface area contributed by atoms with Crippen LogP contribution in [0.1, 0.15) is 36.0 Å². The highest BCUT2D eigenvalue weighted by Gasteiger charge is 2.17. The Morgan fingerprint density at radius 3 is 3.06 bits per heavy atom. The summed E-state index contributed by atoms with van der Waals surface area (Å²) in [5.74, 6) is 0.176. The van der Waals surface area contributed by atoms with Gasteiger partial charge in [0, 0.05) is 12.0 Å². The van der Waals surface area contributed by atoms with Gasteiger partial charge in [-0.2, -0.15) is 0 Å². The number of ketones is 1. The zero-order valence-electron chi connectivity index (χ0n) is 9.92. The Morgan fingerprint density at radius 1 is 1.35 bits per heavy atom. The molecule has 1 fully saturated rings. The number of hydrogen-bond donors (Lipinski definition) is 1. The van der Waals surface area contributed by atoms with Gasteiger partial charge in [-0.25, -0.2) is 4.39 Å². The summed E-state index contributed by atoms with van der Waals surface area (Å²) in [4.78, 5) is 12.0. The molecular weight excluding hydrogens is 217 g/mol. The third-order valence-electron chi connectivity index (χ3n) is 3.32. The SMILES string of the molecule is O=C(CC1CCCNCC1)c1cccc(F)c1. The van der Waals surface area contributed by atoms with Crippen molar-refractivity contribution in [1.82, 2.24) is 5.32 Å². The van der Waals surface area contributed by atoms with Gasteiger partial charge in [0.1, 0.15) is 5.82 Å². The van der Waals surface area contributed by atoms with Crippen molar-refractivity contribution in [3.63, 3.8) is 0 Å². The smallest absolute Gasteiger partial charge is 0.163 e. The predicted octanol–water partition coefficient (Wildman–Crippen LogP) is 2.79. The van der Waals surface area contributed by atoms with E-state index in [2.05, 4.69) is 5.32 Å². The Hall–Kier alpha value is -1.22. The van der Waals surface area contributed by atoms with Crippen molar-refractivity contribution in [3.8, 4) is 0 Å². The van der Waals surface area contributed by atoms with E-state index in [-0.39, 0.29) is 11.6 Å². The van der Waals surface area contributed by atoms with Crippen molar-refractivity contribution in [2.24, 2.45) is 5.92 Å². The number of rotatable bonds is 3. The van der Waals surface area contributed by atoms with Crippen LogP contribution in [0.15, 0.2) is 24.3 Å². The molecule has 2 rings (SSSR count). The molecule has 2 nitrogen and oxygen atoms in total. The molecule has 1 aliphatic heterocycles. The van der Waals surface area contributed by atoms with Gasteiger partial charge in [0.25, 0.3) is 0 Å². The zero-order chi connectivity index (χ0) is 12.1. The van der Waals surface area contributed by atoms with Crippen LogP contribution in [0.4, 0.5) is 4.39 Å². The van der Waals surface area contributed by atoms with E-state index in [0.717, 1.165) is 32.4 Å². The second kappa shape index (κ2) is 5.92. The summed E-state index contributed by atoms with van der Waals surface area (Å²) in [6, 6.07) is 5.99. The highest BCUT2D eigenvalue weighted by atomic mass is 19.1. The summed E-state index contributed by atoms with van der Waals surface area (Å²) in [5, 5.41) is 3.33. The first-order chi connectivity index (χ1) is 8.25. The molecule has 0 aromatic heterocycles. The third kappa shape index (κ3) is 3.63. The molecule has 0 amide bonds. The summed E-state index contributed by atoms with van der Waals surface area (Å²) in [6.07, 6.45) is 3.81. The molecule has 0 radical (unpaired) electrons. The largest absolute Gasteiger partial charge is 0.317 e. The Balaban J connectivity index is 1.96. The maximum absolute atomic E-state index is 13.0. The first-order valence-electron chi connectivity index (χ1n) is 6.25. The zero-order valence-corrected chi connectivity index (χ0v) is 9.92. The van der Waals surface area contributed by atoms with Crippen LogP contribution in [0.2, 0.25) is 0 Å². The van der Waals surface area contributed by atoms with Crippen molar-refractivity contribution < 1.29 is 9.18 Å². The van der Waals surface area contributed by atoms with Crippen LogP contribution in [-0.4, -0.2) is 18.9 Å². The average molecular weight is 235 g/mol. The van der Waals surface area contributed by atoms with Crippen LogP contribution in [-0.2, 0) is 0 Å². The first kappa shape index (κ1) is 12.2. The van der Waals surface area contributed by atoms with Crippen LogP contribution < -0.4 is 5.32 Å². The lowest BCUT2D eigenvalue weighted by atomic mass is 9.92. The Kier molecular flexibility index (Phi) is 4.26. The van der Waals surface area contributed by atoms with E-state index >= 15 is 0 Å². The second-order valence-corrected chi connectivity index (χ2v) is 4.68. The molecule has 0 spiro atoms. The van der Waals surface area contributed by atoms with Gasteiger partial charge in [-0.1, -0.05) is 12.1 Å². The maximum atomic E-state index is 13.0. The molecule has 1 aromatic carbocycles. The summed E-state index contributed by atoms with van der Waals surface area (Å²) in [6.45, 7) is 2.03. The summed E-state index contributed by atoms with van der Waals surface area (Å²) < 4.78 is 13.0. The second-order valence-electron chi connectivity index (χ2n) is 4.68. The lowest BCUT2D eigenvalue weighted by molar-refractivity contribution is 0.0957. The Labute approximate surface area is 101 Å². The molecule has 1 atom stereocenters. The fourth-order valence-electron chi connectivity index (χ4n) is 2.34. The number of Topliss-reactive ketones (excluding diaryl/α,β-unsaturated/α-hetero) is 1. The van der Waals surface area contributed by atoms with Gasteiger partial charge in [-0.15, -0.1) is 0 Å². The van der Waals surface area contributed by atoms with Gasteiger partial charge in [0.15, 0.2) is 5.78 Å². The molecule has 0 bridgehead atoms. The number of hydrogen-bond acceptors (Lipinski definition) is 2. The molecule has 0 aliphatic carbocycles. The number of halogens is 1. The topological polar surface area (TPSA) is 29.1 Å². The van der Waals surface area contributed by atoms with E-state index in [1.54, 1.807) is 12.1 Å². The minimum atomic E-state index is -0.335. The van der Waals surface area contributed by atoms with E-state index in [1.165, 1.54) is 12.1 Å². The molecule has 1 aliphatic rings. The molecule has 92 valence electrons. The van der Waals surface area contributed by atoms with Crippen molar-refractivity contribution in [1.29, 1.82) is 0 Å². The normalized spacial score (nSPS) is 20.9. The standard InChI is InChI=1S/C14H18FNO/c15-13-5-1-4-12(10-13)14(17)9-11-3-2-7-16-8-6-11/h1,4-5,10-11,16H,2-3,6-9H2. The molecule has 1 saturated heterocycles. The van der Waals surface area contributed by atoms with Crippen molar-refractivity contribution in [2.75, 3.05) is 13.1 Å². The Bertz CT molecular complexity index is 384. The van der Waals surface area contributed by atoms with Crippen molar-refractivity contribution in [3.05, 3.63) is 35.6 Å². The van der Waals surface area contributed by atoms with E-state index in [1.807, 2.05) is 0 Å². The van der Waals surface area contributed by atoms with Crippen LogP contribution >= 0.6 is 0 Å². The van der Waals surface area contributed by atoms with Crippen LogP contribution in [0.25, 0.3) is 0 Å². The van der Waals surface area contributed by atoms with Gasteiger partial charge in [0.2, 0.25) is 0 Å². The average Bonchev–Trinajstić information content (AvgIpc) is 2.57.